The summed E-state index contributed by atoms with van der Waals surface area (Å²) in [4.78, 5) is 11.7. The third-order valence-corrected chi connectivity index (χ3v) is 6.75. The van der Waals surface area contributed by atoms with Crippen molar-refractivity contribution < 1.29 is 5.76 Å². The Labute approximate surface area is 225 Å². The molecule has 4 aromatic rings. The van der Waals surface area contributed by atoms with Gasteiger partial charge in [-0.05, 0) is 42.7 Å². The molecule has 1 aliphatic carbocycles. The van der Waals surface area contributed by atoms with Gasteiger partial charge in [0.05, 0.1) is 34.9 Å². The van der Waals surface area contributed by atoms with Crippen LogP contribution in [0.25, 0.3) is 10.9 Å². The number of aromatic nitrogens is 3. The summed E-state index contributed by atoms with van der Waals surface area (Å²) in [6.45, 7) is 0.522. The fraction of sp³-hybridized carbons (Fsp3) is 0.222. The van der Waals surface area contributed by atoms with Gasteiger partial charge in [0.25, 0.3) is 0 Å². The van der Waals surface area contributed by atoms with Crippen LogP contribution in [0.15, 0.2) is 66.9 Å². The minimum atomic E-state index is -1.52. The lowest BCUT2D eigenvalue weighted by Crippen LogP contribution is -2.38. The molecule has 2 aliphatic rings. The topological polar surface area (TPSA) is 117 Å². The molecule has 1 saturated carbocycles. The van der Waals surface area contributed by atoms with E-state index < -0.39 is 6.02 Å². The molecule has 1 aliphatic heterocycles. The number of fused-ring (bicyclic) bond motifs is 1. The first-order valence-electron chi connectivity index (χ1n) is 12.8. The average molecular weight is 531 g/mol. The Morgan fingerprint density at radius 1 is 1.26 bits per heavy atom. The van der Waals surface area contributed by atoms with Gasteiger partial charge in [-0.1, -0.05) is 23.7 Å². The molecule has 0 saturated heterocycles. The second-order valence-corrected chi connectivity index (χ2v) is 9.56. The number of hydrogen-bond donors (Lipinski definition) is 5. The van der Waals surface area contributed by atoms with Gasteiger partial charge in [-0.3, -0.25) is 9.99 Å². The number of nitrogens with one attached hydrogen (secondary N) is 5. The number of benzene rings is 2. The number of hydrazine groups is 2. The molecule has 0 radical (unpaired) electrons. The smallest absolute Gasteiger partial charge is 0.123 e. The molecule has 1 fully saturated rings. The summed E-state index contributed by atoms with van der Waals surface area (Å²) in [6.07, 6.45) is 9.57. The van der Waals surface area contributed by atoms with Crippen LogP contribution in [0.4, 0.5) is 15.8 Å². The van der Waals surface area contributed by atoms with Crippen molar-refractivity contribution in [3.63, 3.8) is 0 Å². The molecule has 38 heavy (non-hydrogen) atoms. The van der Waals surface area contributed by atoms with Gasteiger partial charge in [-0.15, -0.1) is 5.53 Å². The minimum Gasteiger partial charge on any atom is -0.383 e. The van der Waals surface area contributed by atoms with Gasteiger partial charge in [0.1, 0.15) is 17.7 Å². The van der Waals surface area contributed by atoms with Gasteiger partial charge in [-0.2, -0.15) is 5.26 Å². The Morgan fingerprint density at radius 3 is 2.84 bits per heavy atom. The molecule has 0 bridgehead atoms. The van der Waals surface area contributed by atoms with E-state index in [4.69, 9.17) is 11.6 Å². The Hall–Kier alpha value is -4.33. The Kier molecular flexibility index (Phi) is 6.13. The number of nitrogens with zero attached hydrogens (tertiary/aromatic N) is 4. The molecule has 5 N–H and O–H groups in total. The molecule has 3 heterocycles. The predicted octanol–water partition coefficient (Wildman–Crippen LogP) is 4.76. The molecule has 192 valence electrons. The average Bonchev–Trinajstić information content (AvgIpc) is 3.41. The molecule has 1 atom stereocenters. The van der Waals surface area contributed by atoms with E-state index in [9.17, 15) is 11.0 Å². The highest BCUT2D eigenvalue weighted by atomic mass is 35.5. The van der Waals surface area contributed by atoms with Crippen LogP contribution in [-0.2, 0) is 6.42 Å². The van der Waals surface area contributed by atoms with Crippen molar-refractivity contribution in [1.82, 2.24) is 30.9 Å². The van der Waals surface area contributed by atoms with Crippen molar-refractivity contribution in [2.45, 2.75) is 31.3 Å². The standard InChI is InChI=1S/C27H25ClFN9/c28-22-12-19(11-21-25(17(13-30)14-34-27(21)22)33-8-7-24-31-9-10-32-24)35-26(16-1-3-18(29)4-2-16)23-15-38(37-36-23)20-5-6-20/h1-4,9-12,14-15,20,26,35-37H,5-8H2,(H,31,32)(H,33,34)/i26D. The van der Waals surface area contributed by atoms with Crippen LogP contribution in [0.3, 0.4) is 0 Å². The van der Waals surface area contributed by atoms with Crippen LogP contribution < -0.4 is 21.6 Å². The fourth-order valence-electron chi connectivity index (χ4n) is 4.41. The third kappa shape index (κ3) is 4.94. The number of nitriles is 1. The highest BCUT2D eigenvalue weighted by molar-refractivity contribution is 6.35. The Bertz CT molecular complexity index is 1580. The van der Waals surface area contributed by atoms with Crippen LogP contribution in [0.5, 0.6) is 0 Å². The molecular formula is C27H25ClFN9. The van der Waals surface area contributed by atoms with E-state index in [0.717, 1.165) is 18.7 Å². The highest BCUT2D eigenvalue weighted by Crippen LogP contribution is 2.36. The summed E-state index contributed by atoms with van der Waals surface area (Å²) in [5.41, 5.74) is 9.31. The zero-order chi connectivity index (χ0) is 27.0. The van der Waals surface area contributed by atoms with Crippen LogP contribution in [-0.4, -0.2) is 32.5 Å². The number of pyridine rings is 1. The second kappa shape index (κ2) is 10.2. The molecule has 2 aromatic carbocycles. The van der Waals surface area contributed by atoms with Crippen molar-refractivity contribution in [2.24, 2.45) is 0 Å². The van der Waals surface area contributed by atoms with Crippen LogP contribution in [0.1, 0.15) is 37.2 Å². The summed E-state index contributed by atoms with van der Waals surface area (Å²) in [7, 11) is 0. The molecule has 0 spiro atoms. The third-order valence-electron chi connectivity index (χ3n) is 6.46. The van der Waals surface area contributed by atoms with E-state index in [1.807, 2.05) is 17.3 Å². The largest absolute Gasteiger partial charge is 0.383 e. The maximum absolute atomic E-state index is 13.8. The molecule has 9 nitrogen and oxygen atoms in total. The van der Waals surface area contributed by atoms with E-state index >= 15 is 0 Å². The lowest BCUT2D eigenvalue weighted by atomic mass is 10.0. The lowest BCUT2D eigenvalue weighted by molar-refractivity contribution is 0.260. The summed E-state index contributed by atoms with van der Waals surface area (Å²) < 4.78 is 23.3. The molecular weight excluding hydrogens is 505 g/mol. The van der Waals surface area contributed by atoms with Gasteiger partial charge >= 0.3 is 0 Å². The van der Waals surface area contributed by atoms with E-state index in [-0.39, 0.29) is 5.82 Å². The van der Waals surface area contributed by atoms with Crippen molar-refractivity contribution >= 4 is 33.9 Å². The number of H-pyrrole nitrogens is 1. The lowest BCUT2D eigenvalue weighted by Gasteiger charge is -2.22. The second-order valence-electron chi connectivity index (χ2n) is 9.15. The van der Waals surface area contributed by atoms with Crippen LogP contribution >= 0.6 is 11.6 Å². The number of aromatic amines is 1. The molecule has 1 unspecified atom stereocenters. The Morgan fingerprint density at radius 2 is 2.11 bits per heavy atom. The predicted molar refractivity (Wildman–Crippen MR) is 144 cm³/mol. The molecule has 0 amide bonds. The maximum Gasteiger partial charge on any atom is 0.123 e. The number of anilines is 2. The fourth-order valence-corrected chi connectivity index (χ4v) is 4.68. The van der Waals surface area contributed by atoms with Gasteiger partial charge in [0, 0.05) is 54.9 Å². The number of hydrogen-bond acceptors (Lipinski definition) is 8. The number of halogens is 2. The highest BCUT2D eigenvalue weighted by Gasteiger charge is 2.32. The van der Waals surface area contributed by atoms with Crippen LogP contribution in [0, 0.1) is 17.1 Å². The van der Waals surface area contributed by atoms with Crippen molar-refractivity contribution in [1.29, 1.82) is 5.26 Å². The zero-order valence-electron chi connectivity index (χ0n) is 21.2. The first-order valence-corrected chi connectivity index (χ1v) is 12.6. The van der Waals surface area contributed by atoms with Gasteiger partial charge in [-0.25, -0.2) is 9.37 Å². The number of imidazole rings is 1. The monoisotopic (exact) mass is 530 g/mol. The van der Waals surface area contributed by atoms with E-state index in [0.29, 0.717) is 63.1 Å². The van der Waals surface area contributed by atoms with Gasteiger partial charge in [0.15, 0.2) is 0 Å². The van der Waals surface area contributed by atoms with E-state index in [2.05, 4.69) is 42.6 Å². The van der Waals surface area contributed by atoms with Crippen molar-refractivity contribution in [2.75, 3.05) is 17.2 Å². The summed E-state index contributed by atoms with van der Waals surface area (Å²) in [5, 5.41) is 19.4. The normalized spacial score (nSPS) is 16.8. The molecule has 11 heteroatoms. The van der Waals surface area contributed by atoms with Gasteiger partial charge in [0.2, 0.25) is 0 Å². The SMILES string of the molecule is [2H]C(Nc1cc(Cl)c2ncc(C#N)c(NCCc3ncc[nH]3)c2c1)(C1=CN(C2CC2)NN1)c1ccc(F)cc1. The van der Waals surface area contributed by atoms with Crippen molar-refractivity contribution in [3.8, 4) is 6.07 Å². The zero-order valence-corrected chi connectivity index (χ0v) is 21.0. The summed E-state index contributed by atoms with van der Waals surface area (Å²) in [6, 6.07) is 10.4. The quantitative estimate of drug-likeness (QED) is 0.210. The minimum absolute atomic E-state index is 0.362. The maximum atomic E-state index is 13.8. The first kappa shape index (κ1) is 22.8. The molecule has 2 aromatic heterocycles. The van der Waals surface area contributed by atoms with E-state index in [1.54, 1.807) is 30.6 Å². The Balaban J connectivity index is 1.39. The first-order chi connectivity index (χ1) is 18.9. The number of rotatable bonds is 9. The van der Waals surface area contributed by atoms with Crippen molar-refractivity contribution in [3.05, 3.63) is 94.7 Å². The molecule has 6 rings (SSSR count). The van der Waals surface area contributed by atoms with Gasteiger partial charge < -0.3 is 21.0 Å². The summed E-state index contributed by atoms with van der Waals surface area (Å²) in [5.74, 6) is 0.436. The van der Waals surface area contributed by atoms with Crippen LogP contribution in [0.2, 0.25) is 5.02 Å². The summed E-state index contributed by atoms with van der Waals surface area (Å²) >= 11 is 6.68. The van der Waals surface area contributed by atoms with E-state index in [1.165, 1.54) is 18.3 Å².